The highest BCUT2D eigenvalue weighted by Gasteiger charge is 2.19. The maximum Gasteiger partial charge on any atom is 0.0537 e. The molecule has 1 heterocycles. The van der Waals surface area contributed by atoms with Crippen molar-refractivity contribution in [2.24, 2.45) is 0 Å². The fourth-order valence-electron chi connectivity index (χ4n) is 4.09. The largest absolute Gasteiger partial charge is 0.313 e. The Morgan fingerprint density at radius 2 is 1.13 bits per heavy atom. The lowest BCUT2D eigenvalue weighted by molar-refractivity contribution is 0.967. The van der Waals surface area contributed by atoms with Gasteiger partial charge in [0.05, 0.1) is 5.69 Å². The first-order valence-electron chi connectivity index (χ1n) is 10.4. The van der Waals surface area contributed by atoms with Crippen LogP contribution in [0.1, 0.15) is 11.3 Å². The van der Waals surface area contributed by atoms with E-state index in [0.29, 0.717) is 0 Å². The second kappa shape index (κ2) is 8.67. The van der Waals surface area contributed by atoms with Crippen molar-refractivity contribution in [3.63, 3.8) is 0 Å². The maximum atomic E-state index is 6.22. The van der Waals surface area contributed by atoms with E-state index < -0.39 is 0 Å². The molecule has 0 fully saturated rings. The van der Waals surface area contributed by atoms with E-state index in [1.165, 1.54) is 33.6 Å². The third kappa shape index (κ3) is 4.05. The second-order valence-corrected chi connectivity index (χ2v) is 8.03. The molecule has 0 bridgehead atoms. The van der Waals surface area contributed by atoms with Crippen LogP contribution in [0.25, 0.3) is 28.1 Å². The zero-order chi connectivity index (χ0) is 21.0. The van der Waals surface area contributed by atoms with Gasteiger partial charge in [-0.15, -0.1) is 0 Å². The van der Waals surface area contributed by atoms with Gasteiger partial charge < -0.3 is 4.57 Å². The molecule has 5 aromatic rings. The lowest BCUT2D eigenvalue weighted by Gasteiger charge is -2.16. The van der Waals surface area contributed by atoms with Crippen molar-refractivity contribution in [1.82, 2.24) is 4.57 Å². The molecule has 1 aromatic heterocycles. The molecule has 4 aromatic carbocycles. The molecule has 0 spiro atoms. The third-order valence-electron chi connectivity index (χ3n) is 5.56. The van der Waals surface area contributed by atoms with Gasteiger partial charge in [-0.1, -0.05) is 103 Å². The Morgan fingerprint density at radius 3 is 1.74 bits per heavy atom. The molecule has 5 rings (SSSR count). The van der Waals surface area contributed by atoms with Gasteiger partial charge in [0, 0.05) is 28.4 Å². The van der Waals surface area contributed by atoms with Gasteiger partial charge >= 0.3 is 0 Å². The van der Waals surface area contributed by atoms with Crippen molar-refractivity contribution < 1.29 is 0 Å². The van der Waals surface area contributed by atoms with Crippen LogP contribution in [0.2, 0.25) is 5.02 Å². The molecule has 0 N–H and O–H groups in total. The predicted octanol–water partition coefficient (Wildman–Crippen LogP) is 8.06. The molecule has 0 aliphatic carbocycles. The number of aromatic nitrogens is 1. The van der Waals surface area contributed by atoms with E-state index in [1.807, 2.05) is 12.1 Å². The minimum absolute atomic E-state index is 0.741. The van der Waals surface area contributed by atoms with Crippen LogP contribution in [0.3, 0.4) is 0 Å². The number of halogens is 1. The number of nitrogens with zero attached hydrogens (tertiary/aromatic N) is 1. The highest BCUT2D eigenvalue weighted by atomic mass is 35.5. The average Bonchev–Trinajstić information content (AvgIpc) is 3.20. The normalized spacial score (nSPS) is 10.9. The fraction of sp³-hybridized carbons (Fsp3) is 0.0345. The van der Waals surface area contributed by atoms with E-state index in [2.05, 4.69) is 114 Å². The van der Waals surface area contributed by atoms with Gasteiger partial charge in [-0.2, -0.15) is 0 Å². The van der Waals surface area contributed by atoms with Crippen LogP contribution in [0, 0.1) is 0 Å². The van der Waals surface area contributed by atoms with Crippen molar-refractivity contribution in [2.75, 3.05) is 0 Å². The van der Waals surface area contributed by atoms with Gasteiger partial charge in [-0.3, -0.25) is 0 Å². The predicted molar refractivity (Wildman–Crippen MR) is 131 cm³/mol. The van der Waals surface area contributed by atoms with Crippen molar-refractivity contribution in [3.05, 3.63) is 138 Å². The Balaban J connectivity index is 1.80. The second-order valence-electron chi connectivity index (χ2n) is 7.60. The van der Waals surface area contributed by atoms with Crippen molar-refractivity contribution in [3.8, 4) is 28.1 Å². The van der Waals surface area contributed by atoms with E-state index in [0.717, 1.165) is 17.1 Å². The van der Waals surface area contributed by atoms with E-state index in [9.17, 15) is 0 Å². The molecule has 0 saturated carbocycles. The van der Waals surface area contributed by atoms with Gasteiger partial charge in [0.15, 0.2) is 0 Å². The Bertz CT molecular complexity index is 1270. The molecule has 0 aliphatic heterocycles. The first-order valence-corrected chi connectivity index (χ1v) is 10.8. The molecule has 1 nitrogen and oxygen atoms in total. The van der Waals surface area contributed by atoms with Crippen LogP contribution in [-0.4, -0.2) is 4.57 Å². The van der Waals surface area contributed by atoms with Crippen LogP contribution in [0.4, 0.5) is 0 Å². The lowest BCUT2D eigenvalue weighted by Crippen LogP contribution is -2.04. The zero-order valence-electron chi connectivity index (χ0n) is 17.1. The van der Waals surface area contributed by atoms with Crippen molar-refractivity contribution >= 4 is 11.6 Å². The van der Waals surface area contributed by atoms with Gasteiger partial charge in [0.25, 0.3) is 0 Å². The first kappa shape index (κ1) is 19.4. The van der Waals surface area contributed by atoms with E-state index >= 15 is 0 Å². The molecule has 150 valence electrons. The molecular formula is C29H22ClN. The standard InChI is InChI=1S/C29H22ClN/c30-25-16-18-26(19-17-25)31-28(24-14-8-3-9-15-24)21-27(23-12-6-2-7-13-23)29(31)20-22-10-4-1-5-11-22/h1-19,21H,20H2. The van der Waals surface area contributed by atoms with Crippen LogP contribution in [0.5, 0.6) is 0 Å². The minimum Gasteiger partial charge on any atom is -0.313 e. The fourth-order valence-corrected chi connectivity index (χ4v) is 4.21. The summed E-state index contributed by atoms with van der Waals surface area (Å²) in [6, 6.07) is 42.3. The van der Waals surface area contributed by atoms with Crippen LogP contribution < -0.4 is 0 Å². The van der Waals surface area contributed by atoms with Gasteiger partial charge in [0.2, 0.25) is 0 Å². The van der Waals surface area contributed by atoms with Crippen LogP contribution >= 0.6 is 11.6 Å². The SMILES string of the molecule is Clc1ccc(-n2c(-c3ccccc3)cc(-c3ccccc3)c2Cc2ccccc2)cc1. The Kier molecular flexibility index (Phi) is 5.43. The van der Waals surface area contributed by atoms with Crippen LogP contribution in [0.15, 0.2) is 121 Å². The van der Waals surface area contributed by atoms with Crippen molar-refractivity contribution in [2.45, 2.75) is 6.42 Å². The van der Waals surface area contributed by atoms with E-state index in [1.54, 1.807) is 0 Å². The lowest BCUT2D eigenvalue weighted by atomic mass is 10.0. The summed E-state index contributed by atoms with van der Waals surface area (Å²) in [6.45, 7) is 0. The smallest absolute Gasteiger partial charge is 0.0537 e. The molecule has 0 amide bonds. The maximum absolute atomic E-state index is 6.22. The molecule has 0 unspecified atom stereocenters. The summed E-state index contributed by atoms with van der Waals surface area (Å²) in [5.41, 5.74) is 8.49. The quantitative estimate of drug-likeness (QED) is 0.271. The summed E-state index contributed by atoms with van der Waals surface area (Å²) in [4.78, 5) is 0. The number of hydrogen-bond donors (Lipinski definition) is 0. The first-order chi connectivity index (χ1) is 15.3. The van der Waals surface area contributed by atoms with E-state index in [-0.39, 0.29) is 0 Å². The summed E-state index contributed by atoms with van der Waals surface area (Å²) in [7, 11) is 0. The molecule has 0 aliphatic rings. The molecule has 31 heavy (non-hydrogen) atoms. The van der Waals surface area contributed by atoms with E-state index in [4.69, 9.17) is 11.6 Å². The summed E-state index contributed by atoms with van der Waals surface area (Å²) < 4.78 is 2.38. The number of benzene rings is 4. The monoisotopic (exact) mass is 419 g/mol. The molecule has 0 radical (unpaired) electrons. The summed E-state index contributed by atoms with van der Waals surface area (Å²) in [6.07, 6.45) is 0.834. The zero-order valence-corrected chi connectivity index (χ0v) is 17.8. The minimum atomic E-state index is 0.741. The Hall–Kier alpha value is -3.55. The molecule has 2 heteroatoms. The van der Waals surface area contributed by atoms with Gasteiger partial charge in [0.1, 0.15) is 0 Å². The average molecular weight is 420 g/mol. The summed E-state index contributed by atoms with van der Waals surface area (Å²) >= 11 is 6.22. The number of rotatable bonds is 5. The summed E-state index contributed by atoms with van der Waals surface area (Å²) in [5.74, 6) is 0. The molecule has 0 saturated heterocycles. The van der Waals surface area contributed by atoms with Crippen molar-refractivity contribution in [1.29, 1.82) is 0 Å². The Morgan fingerprint density at radius 1 is 0.581 bits per heavy atom. The van der Waals surface area contributed by atoms with Crippen LogP contribution in [-0.2, 0) is 6.42 Å². The topological polar surface area (TPSA) is 4.93 Å². The number of hydrogen-bond acceptors (Lipinski definition) is 0. The molecule has 0 atom stereocenters. The summed E-state index contributed by atoms with van der Waals surface area (Å²) in [5, 5.41) is 0.741. The highest BCUT2D eigenvalue weighted by molar-refractivity contribution is 6.30. The Labute approximate surface area is 188 Å². The third-order valence-corrected chi connectivity index (χ3v) is 5.81. The molecular weight excluding hydrogens is 398 g/mol. The van der Waals surface area contributed by atoms with Gasteiger partial charge in [-0.05, 0) is 47.0 Å². The highest BCUT2D eigenvalue weighted by Crippen LogP contribution is 2.36. The van der Waals surface area contributed by atoms with Gasteiger partial charge in [-0.25, -0.2) is 0 Å².